The van der Waals surface area contributed by atoms with Gasteiger partial charge in [-0.2, -0.15) is 15.4 Å². The van der Waals surface area contributed by atoms with E-state index in [9.17, 15) is 10.4 Å². The second kappa shape index (κ2) is 8.12. The molecule has 4 aromatic rings. The molecule has 0 aliphatic heterocycles. The van der Waals surface area contributed by atoms with E-state index in [1.165, 1.54) is 0 Å². The summed E-state index contributed by atoms with van der Waals surface area (Å²) in [6, 6.07) is 12.0. The number of fused-ring (bicyclic) bond motifs is 3. The van der Waals surface area contributed by atoms with Crippen LogP contribution >= 0.6 is 0 Å². The summed E-state index contributed by atoms with van der Waals surface area (Å²) in [6.45, 7) is 2.61. The average molecular weight is 405 g/mol. The van der Waals surface area contributed by atoms with Gasteiger partial charge in [0.25, 0.3) is 0 Å². The number of hydroxylamine groups is 2. The highest BCUT2D eigenvalue weighted by Gasteiger charge is 2.16. The summed E-state index contributed by atoms with van der Waals surface area (Å²) in [4.78, 5) is 9.70. The predicted molar refractivity (Wildman–Crippen MR) is 113 cm³/mol. The lowest BCUT2D eigenvalue weighted by Gasteiger charge is -2.17. The lowest BCUT2D eigenvalue weighted by atomic mass is 10.1. The van der Waals surface area contributed by atoms with E-state index in [-0.39, 0.29) is 0 Å². The minimum Gasteiger partial charge on any atom is -0.390 e. The van der Waals surface area contributed by atoms with Crippen molar-refractivity contribution in [3.8, 4) is 6.07 Å². The molecule has 0 aliphatic carbocycles. The first-order chi connectivity index (χ1) is 14.5. The maximum Gasteiger partial charge on any atom is 0.157 e. The number of anilines is 2. The first kappa shape index (κ1) is 19.8. The van der Waals surface area contributed by atoms with Gasteiger partial charge >= 0.3 is 0 Å². The molecule has 0 amide bonds. The van der Waals surface area contributed by atoms with E-state index >= 15 is 0 Å². The maximum atomic E-state index is 10.2. The number of nitrogens with zero attached hydrogens (tertiary/aromatic N) is 6. The molecule has 3 aromatic heterocycles. The number of rotatable bonds is 7. The highest BCUT2D eigenvalue weighted by Crippen LogP contribution is 2.28. The van der Waals surface area contributed by atoms with Gasteiger partial charge in [-0.15, -0.1) is 0 Å². The number of likely N-dealkylation sites (N-methyl/N-ethyl adjacent to an activating group) is 1. The molecule has 1 unspecified atom stereocenters. The van der Waals surface area contributed by atoms with Gasteiger partial charge in [-0.25, -0.2) is 4.98 Å². The standard InChI is InChI=1S/C21H23N7O2/c1-14-8-20(24-15-10-23-27(11-15)13-16(29)12-26(2)30-3)28-19-7-5-4-6-18(19)25-21(28)17(14)9-22/h4-8,10-11,16,24,29H,12-13H2,1-3H3. The van der Waals surface area contributed by atoms with Gasteiger partial charge in [-0.05, 0) is 30.7 Å². The highest BCUT2D eigenvalue weighted by molar-refractivity contribution is 5.85. The minimum absolute atomic E-state index is 0.338. The van der Waals surface area contributed by atoms with Crippen LogP contribution in [0.4, 0.5) is 11.5 Å². The Morgan fingerprint density at radius 2 is 2.17 bits per heavy atom. The van der Waals surface area contributed by atoms with Crippen LogP contribution in [0.2, 0.25) is 0 Å². The van der Waals surface area contributed by atoms with E-state index in [1.807, 2.05) is 47.9 Å². The van der Waals surface area contributed by atoms with E-state index in [0.29, 0.717) is 24.3 Å². The Hall–Kier alpha value is -3.45. The molecule has 0 radical (unpaired) electrons. The van der Waals surface area contributed by atoms with Gasteiger partial charge in [0.05, 0.1) is 54.8 Å². The van der Waals surface area contributed by atoms with Gasteiger partial charge in [-0.1, -0.05) is 12.1 Å². The van der Waals surface area contributed by atoms with E-state index in [1.54, 1.807) is 30.1 Å². The largest absolute Gasteiger partial charge is 0.390 e. The fourth-order valence-corrected chi connectivity index (χ4v) is 3.51. The van der Waals surface area contributed by atoms with Gasteiger partial charge in [0, 0.05) is 13.2 Å². The fourth-order valence-electron chi connectivity index (χ4n) is 3.51. The Morgan fingerprint density at radius 3 is 2.93 bits per heavy atom. The monoisotopic (exact) mass is 405 g/mol. The van der Waals surface area contributed by atoms with Crippen molar-refractivity contribution in [1.82, 2.24) is 24.2 Å². The summed E-state index contributed by atoms with van der Waals surface area (Å²) in [6.07, 6.45) is 2.91. The zero-order valence-corrected chi connectivity index (χ0v) is 17.1. The highest BCUT2D eigenvalue weighted by atomic mass is 16.7. The lowest BCUT2D eigenvalue weighted by Crippen LogP contribution is -2.31. The van der Waals surface area contributed by atoms with E-state index in [4.69, 9.17) is 4.84 Å². The molecule has 0 spiro atoms. The molecule has 9 heteroatoms. The Balaban J connectivity index is 1.67. The quantitative estimate of drug-likeness (QED) is 0.455. The molecule has 3 heterocycles. The zero-order chi connectivity index (χ0) is 21.3. The van der Waals surface area contributed by atoms with Crippen LogP contribution in [-0.2, 0) is 11.4 Å². The zero-order valence-electron chi connectivity index (χ0n) is 17.1. The van der Waals surface area contributed by atoms with Gasteiger partial charge in [0.2, 0.25) is 0 Å². The molecule has 0 saturated carbocycles. The Labute approximate surface area is 173 Å². The van der Waals surface area contributed by atoms with Gasteiger partial charge < -0.3 is 15.3 Å². The third-order valence-corrected chi connectivity index (χ3v) is 4.97. The topological polar surface area (TPSA) is 104 Å². The number of hydrogen-bond acceptors (Lipinski definition) is 7. The number of aliphatic hydroxyl groups is 1. The molecule has 2 N–H and O–H groups in total. The van der Waals surface area contributed by atoms with Crippen LogP contribution in [0.15, 0.2) is 42.7 Å². The second-order valence-electron chi connectivity index (χ2n) is 7.18. The van der Waals surface area contributed by atoms with Crippen molar-refractivity contribution in [2.45, 2.75) is 19.6 Å². The van der Waals surface area contributed by atoms with Crippen LogP contribution in [0.5, 0.6) is 0 Å². The van der Waals surface area contributed by atoms with Crippen LogP contribution in [0, 0.1) is 18.3 Å². The number of aryl methyl sites for hydroxylation is 1. The van der Waals surface area contributed by atoms with Crippen molar-refractivity contribution < 1.29 is 9.94 Å². The van der Waals surface area contributed by atoms with Crippen molar-refractivity contribution in [2.75, 3.05) is 26.0 Å². The molecule has 0 saturated heterocycles. The van der Waals surface area contributed by atoms with Crippen molar-refractivity contribution in [3.63, 3.8) is 0 Å². The minimum atomic E-state index is -0.621. The van der Waals surface area contributed by atoms with Gasteiger partial charge in [0.15, 0.2) is 5.65 Å². The summed E-state index contributed by atoms with van der Waals surface area (Å²) >= 11 is 0. The predicted octanol–water partition coefficient (Wildman–Crippen LogP) is 2.46. The first-order valence-electron chi connectivity index (χ1n) is 9.54. The van der Waals surface area contributed by atoms with E-state index < -0.39 is 6.10 Å². The summed E-state index contributed by atoms with van der Waals surface area (Å²) in [5.74, 6) is 0.786. The Kier molecular flexibility index (Phi) is 5.37. The number of benzene rings is 1. The number of para-hydroxylation sites is 2. The maximum absolute atomic E-state index is 10.2. The summed E-state index contributed by atoms with van der Waals surface area (Å²) < 4.78 is 3.62. The van der Waals surface area contributed by atoms with Crippen molar-refractivity contribution >= 4 is 28.2 Å². The van der Waals surface area contributed by atoms with E-state index in [0.717, 1.165) is 28.1 Å². The summed E-state index contributed by atoms with van der Waals surface area (Å²) in [7, 11) is 3.32. The fraction of sp³-hybridized carbons (Fsp3) is 0.286. The average Bonchev–Trinajstić information content (AvgIpc) is 3.32. The molecular weight excluding hydrogens is 382 g/mol. The normalized spacial score (nSPS) is 12.5. The summed E-state index contributed by atoms with van der Waals surface area (Å²) in [5.41, 5.74) is 4.52. The lowest BCUT2D eigenvalue weighted by molar-refractivity contribution is -0.129. The van der Waals surface area contributed by atoms with Crippen molar-refractivity contribution in [3.05, 3.63) is 53.9 Å². The molecule has 0 aliphatic rings. The Bertz CT molecular complexity index is 1240. The molecule has 154 valence electrons. The molecule has 1 aromatic carbocycles. The number of imidazole rings is 1. The third-order valence-electron chi connectivity index (χ3n) is 4.97. The first-order valence-corrected chi connectivity index (χ1v) is 9.54. The summed E-state index contributed by atoms with van der Waals surface area (Å²) in [5, 5.41) is 29.1. The van der Waals surface area contributed by atoms with Crippen LogP contribution in [0.3, 0.4) is 0 Å². The van der Waals surface area contributed by atoms with E-state index in [2.05, 4.69) is 21.5 Å². The van der Waals surface area contributed by atoms with Gasteiger partial charge in [-0.3, -0.25) is 9.08 Å². The van der Waals surface area contributed by atoms with Crippen LogP contribution < -0.4 is 5.32 Å². The van der Waals surface area contributed by atoms with Crippen LogP contribution in [0.25, 0.3) is 16.7 Å². The molecule has 9 nitrogen and oxygen atoms in total. The number of hydrogen-bond donors (Lipinski definition) is 2. The Morgan fingerprint density at radius 1 is 1.37 bits per heavy atom. The third kappa shape index (κ3) is 3.71. The molecule has 0 bridgehead atoms. The SMILES string of the molecule is CON(C)CC(O)Cn1cc(Nc2cc(C)c(C#N)c3nc4ccccc4n23)cn1. The molecule has 1 atom stereocenters. The molecule has 30 heavy (non-hydrogen) atoms. The number of aliphatic hydroxyl groups excluding tert-OH is 1. The van der Waals surface area contributed by atoms with Crippen LogP contribution in [-0.4, -0.2) is 56.1 Å². The molecule has 0 fully saturated rings. The molecule has 4 rings (SSSR count). The van der Waals surface area contributed by atoms with Gasteiger partial charge in [0.1, 0.15) is 11.9 Å². The number of aromatic nitrogens is 4. The second-order valence-corrected chi connectivity index (χ2v) is 7.18. The number of pyridine rings is 1. The smallest absolute Gasteiger partial charge is 0.157 e. The molecular formula is C21H23N7O2. The number of nitriles is 1. The van der Waals surface area contributed by atoms with Crippen LogP contribution in [0.1, 0.15) is 11.1 Å². The van der Waals surface area contributed by atoms with Crippen molar-refractivity contribution in [2.24, 2.45) is 0 Å². The van der Waals surface area contributed by atoms with Crippen molar-refractivity contribution in [1.29, 1.82) is 5.26 Å². The number of nitrogens with one attached hydrogen (secondary N) is 1.